The Labute approximate surface area is 128 Å². The molecule has 0 aliphatic heterocycles. The van der Waals surface area contributed by atoms with Gasteiger partial charge in [0.1, 0.15) is 17.2 Å². The number of benzene rings is 1. The van der Waals surface area contributed by atoms with Crippen LogP contribution in [0.4, 0.5) is 13.2 Å². The van der Waals surface area contributed by atoms with Crippen molar-refractivity contribution >= 4 is 0 Å². The normalized spacial score (nSPS) is 11.4. The number of aromatic nitrogens is 2. The molecule has 0 amide bonds. The Morgan fingerprint density at radius 2 is 1.48 bits per heavy atom. The molecular weight excluding hydrogens is 317 g/mol. The van der Waals surface area contributed by atoms with Crippen LogP contribution in [-0.2, 0) is 13.2 Å². The maximum absolute atomic E-state index is 12.8. The fourth-order valence-corrected chi connectivity index (χ4v) is 2.06. The molecular formula is C14H13F3N2O4. The Morgan fingerprint density at radius 1 is 0.957 bits per heavy atom. The van der Waals surface area contributed by atoms with Gasteiger partial charge < -0.3 is 9.47 Å². The first-order valence-corrected chi connectivity index (χ1v) is 6.32. The van der Waals surface area contributed by atoms with Crippen LogP contribution < -0.4 is 20.7 Å². The molecule has 0 saturated carbocycles. The summed E-state index contributed by atoms with van der Waals surface area (Å²) < 4.78 is 49.5. The number of halogens is 3. The van der Waals surface area contributed by atoms with Gasteiger partial charge in [-0.2, -0.15) is 13.2 Å². The second kappa shape index (κ2) is 5.82. The van der Waals surface area contributed by atoms with Crippen LogP contribution in [-0.4, -0.2) is 23.4 Å². The molecule has 9 heteroatoms. The quantitative estimate of drug-likeness (QED) is 0.857. The summed E-state index contributed by atoms with van der Waals surface area (Å²) in [5, 5.41) is 0. The maximum atomic E-state index is 12.8. The molecule has 0 unspecified atom stereocenters. The van der Waals surface area contributed by atoms with Gasteiger partial charge in [-0.05, 0) is 0 Å². The van der Waals surface area contributed by atoms with Crippen molar-refractivity contribution in [3.8, 4) is 17.2 Å². The van der Waals surface area contributed by atoms with Gasteiger partial charge in [0, 0.05) is 31.3 Å². The fraction of sp³-hybridized carbons (Fsp3) is 0.286. The van der Waals surface area contributed by atoms with E-state index in [1.807, 2.05) is 0 Å². The highest BCUT2D eigenvalue weighted by atomic mass is 19.4. The first-order valence-electron chi connectivity index (χ1n) is 6.32. The van der Waals surface area contributed by atoms with E-state index < -0.39 is 23.1 Å². The van der Waals surface area contributed by atoms with E-state index in [0.717, 1.165) is 7.05 Å². The van der Waals surface area contributed by atoms with Gasteiger partial charge in [-0.25, -0.2) is 9.36 Å². The summed E-state index contributed by atoms with van der Waals surface area (Å²) in [4.78, 5) is 24.2. The van der Waals surface area contributed by atoms with E-state index in [0.29, 0.717) is 15.2 Å². The predicted octanol–water partition coefficient (Wildman–Crippen LogP) is 1.57. The smallest absolute Gasteiger partial charge is 0.431 e. The summed E-state index contributed by atoms with van der Waals surface area (Å²) in [7, 11) is 3.68. The molecule has 0 bridgehead atoms. The van der Waals surface area contributed by atoms with E-state index >= 15 is 0 Å². The van der Waals surface area contributed by atoms with Crippen molar-refractivity contribution in [2.75, 3.05) is 14.2 Å². The van der Waals surface area contributed by atoms with Gasteiger partial charge in [0.05, 0.1) is 19.9 Å². The van der Waals surface area contributed by atoms with E-state index in [1.165, 1.54) is 32.4 Å². The van der Waals surface area contributed by atoms with E-state index in [9.17, 15) is 22.8 Å². The molecule has 6 nitrogen and oxygen atoms in total. The zero-order valence-corrected chi connectivity index (χ0v) is 12.5. The van der Waals surface area contributed by atoms with Crippen LogP contribution in [0.15, 0.2) is 33.9 Å². The number of alkyl halides is 3. The summed E-state index contributed by atoms with van der Waals surface area (Å²) in [5.74, 6) is 0.571. The first-order chi connectivity index (χ1) is 10.7. The van der Waals surface area contributed by atoms with Crippen molar-refractivity contribution in [1.29, 1.82) is 0 Å². The van der Waals surface area contributed by atoms with Crippen LogP contribution in [0.2, 0.25) is 0 Å². The monoisotopic (exact) mass is 330 g/mol. The minimum atomic E-state index is -4.81. The SMILES string of the molecule is COc1cc(OC)cc(-n2c(=O)cc(C(F)(F)F)n(C)c2=O)c1. The van der Waals surface area contributed by atoms with Crippen LogP contribution in [0.3, 0.4) is 0 Å². The third-order valence-corrected chi connectivity index (χ3v) is 3.20. The van der Waals surface area contributed by atoms with Crippen LogP contribution in [0.1, 0.15) is 5.69 Å². The Bertz CT molecular complexity index is 830. The van der Waals surface area contributed by atoms with Crippen molar-refractivity contribution in [2.24, 2.45) is 7.05 Å². The largest absolute Gasteiger partial charge is 0.497 e. The number of nitrogens with zero attached hydrogens (tertiary/aromatic N) is 2. The van der Waals surface area contributed by atoms with E-state index in [-0.39, 0.29) is 17.2 Å². The van der Waals surface area contributed by atoms with Crippen molar-refractivity contribution in [3.05, 3.63) is 50.8 Å². The number of rotatable bonds is 3. The summed E-state index contributed by atoms with van der Waals surface area (Å²) in [6, 6.07) is 4.56. The molecule has 1 heterocycles. The molecule has 0 saturated heterocycles. The van der Waals surface area contributed by atoms with Gasteiger partial charge in [-0.3, -0.25) is 9.36 Å². The first kappa shape index (κ1) is 16.7. The van der Waals surface area contributed by atoms with Gasteiger partial charge in [0.25, 0.3) is 5.56 Å². The molecule has 1 aromatic heterocycles. The van der Waals surface area contributed by atoms with Gasteiger partial charge in [0.2, 0.25) is 0 Å². The Hall–Kier alpha value is -2.71. The lowest BCUT2D eigenvalue weighted by atomic mass is 10.2. The molecule has 2 rings (SSSR count). The van der Waals surface area contributed by atoms with Gasteiger partial charge in [-0.15, -0.1) is 0 Å². The number of hydrogen-bond acceptors (Lipinski definition) is 4. The second-order valence-electron chi connectivity index (χ2n) is 4.61. The highest BCUT2D eigenvalue weighted by Crippen LogP contribution is 2.27. The van der Waals surface area contributed by atoms with E-state index in [1.54, 1.807) is 0 Å². The number of hydrogen-bond donors (Lipinski definition) is 0. The summed E-state index contributed by atoms with van der Waals surface area (Å²) in [6.07, 6.45) is -4.81. The minimum Gasteiger partial charge on any atom is -0.497 e. The Morgan fingerprint density at radius 3 is 1.91 bits per heavy atom. The molecule has 0 spiro atoms. The number of ether oxygens (including phenoxy) is 2. The lowest BCUT2D eigenvalue weighted by molar-refractivity contribution is -0.144. The lowest BCUT2D eigenvalue weighted by Gasteiger charge is -2.15. The van der Waals surface area contributed by atoms with Gasteiger partial charge >= 0.3 is 11.9 Å². The summed E-state index contributed by atoms with van der Waals surface area (Å²) >= 11 is 0. The fourth-order valence-electron chi connectivity index (χ4n) is 2.06. The van der Waals surface area contributed by atoms with E-state index in [2.05, 4.69) is 0 Å². The van der Waals surface area contributed by atoms with Crippen LogP contribution in [0.5, 0.6) is 11.5 Å². The highest BCUT2D eigenvalue weighted by Gasteiger charge is 2.35. The van der Waals surface area contributed by atoms with Crippen molar-refractivity contribution < 1.29 is 22.6 Å². The van der Waals surface area contributed by atoms with Crippen LogP contribution in [0, 0.1) is 0 Å². The average molecular weight is 330 g/mol. The molecule has 0 aliphatic rings. The van der Waals surface area contributed by atoms with Crippen molar-refractivity contribution in [1.82, 2.24) is 9.13 Å². The molecule has 0 atom stereocenters. The molecule has 2 aromatic rings. The highest BCUT2D eigenvalue weighted by molar-refractivity contribution is 5.46. The third kappa shape index (κ3) is 3.08. The standard InChI is InChI=1S/C14H13F3N2O4/c1-18-11(14(15,16)17)7-12(20)19(13(18)21)8-4-9(22-2)6-10(5-8)23-3/h4-7H,1-3H3. The topological polar surface area (TPSA) is 62.5 Å². The van der Waals surface area contributed by atoms with E-state index in [4.69, 9.17) is 9.47 Å². The van der Waals surface area contributed by atoms with Crippen LogP contribution >= 0.6 is 0 Å². The maximum Gasteiger partial charge on any atom is 0.431 e. The molecule has 23 heavy (non-hydrogen) atoms. The predicted molar refractivity (Wildman–Crippen MR) is 75.4 cm³/mol. The Balaban J connectivity index is 2.78. The number of methoxy groups -OCH3 is 2. The summed E-state index contributed by atoms with van der Waals surface area (Å²) in [6.45, 7) is 0. The molecule has 0 N–H and O–H groups in total. The van der Waals surface area contributed by atoms with Gasteiger partial charge in [-0.1, -0.05) is 0 Å². The third-order valence-electron chi connectivity index (χ3n) is 3.20. The second-order valence-corrected chi connectivity index (χ2v) is 4.61. The molecule has 0 aliphatic carbocycles. The van der Waals surface area contributed by atoms with Crippen LogP contribution in [0.25, 0.3) is 5.69 Å². The summed E-state index contributed by atoms with van der Waals surface area (Å²) in [5.41, 5.74) is -3.50. The van der Waals surface area contributed by atoms with Crippen molar-refractivity contribution in [2.45, 2.75) is 6.18 Å². The lowest BCUT2D eigenvalue weighted by Crippen LogP contribution is -2.40. The molecule has 0 radical (unpaired) electrons. The molecule has 124 valence electrons. The zero-order chi connectivity index (χ0) is 17.4. The van der Waals surface area contributed by atoms with Crippen molar-refractivity contribution in [3.63, 3.8) is 0 Å². The zero-order valence-electron chi connectivity index (χ0n) is 12.5. The molecule has 0 fully saturated rings. The van der Waals surface area contributed by atoms with Gasteiger partial charge in [0.15, 0.2) is 0 Å². The molecule has 1 aromatic carbocycles. The average Bonchev–Trinajstić information content (AvgIpc) is 2.49. The Kier molecular flexibility index (Phi) is 4.22. The minimum absolute atomic E-state index is 0.0422.